The number of anilines is 1. The summed E-state index contributed by atoms with van der Waals surface area (Å²) in [6, 6.07) is 3.76. The number of aryl methyl sites for hydroxylation is 1. The van der Waals surface area contributed by atoms with Gasteiger partial charge in [-0.05, 0) is 31.4 Å². The number of nitrogens with zero attached hydrogens (tertiary/aromatic N) is 2. The van der Waals surface area contributed by atoms with Crippen molar-refractivity contribution in [3.63, 3.8) is 0 Å². The van der Waals surface area contributed by atoms with Gasteiger partial charge in [-0.3, -0.25) is 9.59 Å². The molecule has 1 fully saturated rings. The molecule has 102 valence electrons. The van der Waals surface area contributed by atoms with E-state index in [0.29, 0.717) is 18.9 Å². The molecule has 2 heterocycles. The van der Waals surface area contributed by atoms with Gasteiger partial charge in [0.1, 0.15) is 5.82 Å². The number of amides is 2. The molecule has 1 N–H and O–H groups in total. The maximum atomic E-state index is 12.1. The van der Waals surface area contributed by atoms with E-state index in [2.05, 4.69) is 10.3 Å². The van der Waals surface area contributed by atoms with Crippen LogP contribution in [-0.2, 0) is 9.59 Å². The fourth-order valence-corrected chi connectivity index (χ4v) is 2.29. The van der Waals surface area contributed by atoms with Gasteiger partial charge in [-0.1, -0.05) is 6.07 Å². The molecule has 0 unspecified atom stereocenters. The molecule has 19 heavy (non-hydrogen) atoms. The molecule has 0 aromatic carbocycles. The van der Waals surface area contributed by atoms with E-state index < -0.39 is 0 Å². The standard InChI is InChI=1S/C14H19N3O2/c1-10-4-3-7-15-13(10)16-14(19)12-5-8-17(9-6-12)11(2)18/h3-4,7,12H,5-6,8-9H2,1-2H3,(H,15,16,19). The van der Waals surface area contributed by atoms with Gasteiger partial charge in [-0.15, -0.1) is 0 Å². The van der Waals surface area contributed by atoms with E-state index in [4.69, 9.17) is 0 Å². The SMILES string of the molecule is CC(=O)N1CCC(C(=O)Nc2ncccc2C)CC1. The van der Waals surface area contributed by atoms with Gasteiger partial charge in [-0.2, -0.15) is 0 Å². The molecule has 1 aliphatic rings. The Morgan fingerprint density at radius 1 is 1.37 bits per heavy atom. The van der Waals surface area contributed by atoms with Crippen LogP contribution in [0.15, 0.2) is 18.3 Å². The van der Waals surface area contributed by atoms with Crippen LogP contribution in [0.25, 0.3) is 0 Å². The fourth-order valence-electron chi connectivity index (χ4n) is 2.29. The second-order valence-corrected chi connectivity index (χ2v) is 4.94. The number of hydrogen-bond donors (Lipinski definition) is 1. The van der Waals surface area contributed by atoms with Crippen molar-refractivity contribution in [1.29, 1.82) is 0 Å². The van der Waals surface area contributed by atoms with Crippen LogP contribution in [0.4, 0.5) is 5.82 Å². The topological polar surface area (TPSA) is 62.3 Å². The molecular weight excluding hydrogens is 242 g/mol. The normalized spacial score (nSPS) is 16.2. The highest BCUT2D eigenvalue weighted by Gasteiger charge is 2.26. The minimum absolute atomic E-state index is 0.00463. The van der Waals surface area contributed by atoms with Crippen molar-refractivity contribution in [2.45, 2.75) is 26.7 Å². The summed E-state index contributed by atoms with van der Waals surface area (Å²) in [6.45, 7) is 4.81. The van der Waals surface area contributed by atoms with Crippen LogP contribution < -0.4 is 5.32 Å². The predicted molar refractivity (Wildman–Crippen MR) is 72.6 cm³/mol. The van der Waals surface area contributed by atoms with E-state index in [9.17, 15) is 9.59 Å². The van der Waals surface area contributed by atoms with E-state index in [-0.39, 0.29) is 17.7 Å². The van der Waals surface area contributed by atoms with E-state index in [0.717, 1.165) is 18.4 Å². The van der Waals surface area contributed by atoms with Gasteiger partial charge >= 0.3 is 0 Å². The van der Waals surface area contributed by atoms with E-state index >= 15 is 0 Å². The summed E-state index contributed by atoms with van der Waals surface area (Å²) in [5, 5.41) is 2.87. The highest BCUT2D eigenvalue weighted by Crippen LogP contribution is 2.19. The number of aromatic nitrogens is 1. The Labute approximate surface area is 113 Å². The van der Waals surface area contributed by atoms with Gasteiger partial charge in [-0.25, -0.2) is 4.98 Å². The van der Waals surface area contributed by atoms with Crippen molar-refractivity contribution in [2.24, 2.45) is 5.92 Å². The lowest BCUT2D eigenvalue weighted by molar-refractivity contribution is -0.132. The number of rotatable bonds is 2. The highest BCUT2D eigenvalue weighted by molar-refractivity contribution is 5.92. The van der Waals surface area contributed by atoms with Crippen LogP contribution in [-0.4, -0.2) is 34.8 Å². The van der Waals surface area contributed by atoms with Gasteiger partial charge in [0, 0.05) is 32.1 Å². The summed E-state index contributed by atoms with van der Waals surface area (Å²) in [5.41, 5.74) is 0.956. The first kappa shape index (κ1) is 13.5. The minimum atomic E-state index is -0.0305. The summed E-state index contributed by atoms with van der Waals surface area (Å²) in [7, 11) is 0. The van der Waals surface area contributed by atoms with E-state index in [1.807, 2.05) is 19.1 Å². The van der Waals surface area contributed by atoms with Crippen molar-refractivity contribution < 1.29 is 9.59 Å². The molecule has 2 rings (SSSR count). The average molecular weight is 261 g/mol. The lowest BCUT2D eigenvalue weighted by Crippen LogP contribution is -2.40. The summed E-state index contributed by atoms with van der Waals surface area (Å²) in [5.74, 6) is 0.683. The van der Waals surface area contributed by atoms with Gasteiger partial charge in [0.05, 0.1) is 0 Å². The maximum absolute atomic E-state index is 12.1. The second kappa shape index (κ2) is 5.82. The Bertz CT molecular complexity index is 479. The fraction of sp³-hybridized carbons (Fsp3) is 0.500. The molecule has 5 heteroatoms. The molecule has 0 bridgehead atoms. The molecule has 1 aromatic rings. The van der Waals surface area contributed by atoms with Crippen molar-refractivity contribution in [3.8, 4) is 0 Å². The van der Waals surface area contributed by atoms with Gasteiger partial charge in [0.25, 0.3) is 0 Å². The van der Waals surface area contributed by atoms with Crippen LogP contribution >= 0.6 is 0 Å². The molecular formula is C14H19N3O2. The number of hydrogen-bond acceptors (Lipinski definition) is 3. The summed E-state index contributed by atoms with van der Waals surface area (Å²) in [6.07, 6.45) is 3.11. The number of likely N-dealkylation sites (tertiary alicyclic amines) is 1. The van der Waals surface area contributed by atoms with Crippen molar-refractivity contribution in [3.05, 3.63) is 23.9 Å². The largest absolute Gasteiger partial charge is 0.343 e. The summed E-state index contributed by atoms with van der Waals surface area (Å²) < 4.78 is 0. The molecule has 1 aliphatic heterocycles. The Balaban J connectivity index is 1.92. The number of carbonyl (C=O) groups is 2. The lowest BCUT2D eigenvalue weighted by atomic mass is 9.96. The van der Waals surface area contributed by atoms with Crippen molar-refractivity contribution >= 4 is 17.6 Å². The zero-order chi connectivity index (χ0) is 13.8. The number of pyridine rings is 1. The zero-order valence-electron chi connectivity index (χ0n) is 11.3. The highest BCUT2D eigenvalue weighted by atomic mass is 16.2. The molecule has 0 radical (unpaired) electrons. The van der Waals surface area contributed by atoms with Crippen LogP contribution in [0, 0.1) is 12.8 Å². The third kappa shape index (κ3) is 3.30. The Morgan fingerprint density at radius 2 is 2.05 bits per heavy atom. The van der Waals surface area contributed by atoms with Crippen LogP contribution in [0.5, 0.6) is 0 Å². The first-order valence-corrected chi connectivity index (χ1v) is 6.56. The first-order chi connectivity index (χ1) is 9.08. The van der Waals surface area contributed by atoms with E-state index in [1.54, 1.807) is 18.0 Å². The van der Waals surface area contributed by atoms with Crippen LogP contribution in [0.3, 0.4) is 0 Å². The molecule has 5 nitrogen and oxygen atoms in total. The number of nitrogens with one attached hydrogen (secondary N) is 1. The van der Waals surface area contributed by atoms with Crippen LogP contribution in [0.1, 0.15) is 25.3 Å². The molecule has 1 saturated heterocycles. The smallest absolute Gasteiger partial charge is 0.228 e. The van der Waals surface area contributed by atoms with Crippen molar-refractivity contribution in [2.75, 3.05) is 18.4 Å². The minimum Gasteiger partial charge on any atom is -0.343 e. The summed E-state index contributed by atoms with van der Waals surface area (Å²) >= 11 is 0. The van der Waals surface area contributed by atoms with Crippen molar-refractivity contribution in [1.82, 2.24) is 9.88 Å². The zero-order valence-corrected chi connectivity index (χ0v) is 11.3. The number of carbonyl (C=O) groups excluding carboxylic acids is 2. The lowest BCUT2D eigenvalue weighted by Gasteiger charge is -2.30. The molecule has 0 atom stereocenters. The molecule has 2 amide bonds. The quantitative estimate of drug-likeness (QED) is 0.879. The van der Waals surface area contributed by atoms with Crippen LogP contribution in [0.2, 0.25) is 0 Å². The van der Waals surface area contributed by atoms with Gasteiger partial charge < -0.3 is 10.2 Å². The third-order valence-electron chi connectivity index (χ3n) is 3.56. The first-order valence-electron chi connectivity index (χ1n) is 6.56. The Hall–Kier alpha value is -1.91. The predicted octanol–water partition coefficient (Wildman–Crippen LogP) is 1.59. The van der Waals surface area contributed by atoms with Gasteiger partial charge in [0.15, 0.2) is 0 Å². The average Bonchev–Trinajstić information content (AvgIpc) is 2.41. The van der Waals surface area contributed by atoms with E-state index in [1.165, 1.54) is 0 Å². The second-order valence-electron chi connectivity index (χ2n) is 4.94. The summed E-state index contributed by atoms with van der Waals surface area (Å²) in [4.78, 5) is 29.3. The third-order valence-corrected chi connectivity index (χ3v) is 3.56. The molecule has 0 spiro atoms. The maximum Gasteiger partial charge on any atom is 0.228 e. The molecule has 0 aliphatic carbocycles. The molecule has 0 saturated carbocycles. The number of piperidine rings is 1. The molecule has 1 aromatic heterocycles. The Kier molecular flexibility index (Phi) is 4.14. The monoisotopic (exact) mass is 261 g/mol. The Morgan fingerprint density at radius 3 is 2.63 bits per heavy atom. The van der Waals surface area contributed by atoms with Gasteiger partial charge in [0.2, 0.25) is 11.8 Å².